The Kier molecular flexibility index (Phi) is 3.47. The van der Waals surface area contributed by atoms with Crippen LogP contribution in [0.2, 0.25) is 0 Å². The second kappa shape index (κ2) is 5.60. The summed E-state index contributed by atoms with van der Waals surface area (Å²) < 4.78 is 5.45. The summed E-state index contributed by atoms with van der Waals surface area (Å²) in [5.74, 6) is 2.31. The molecule has 1 aromatic carbocycles. The Morgan fingerprint density at radius 2 is 1.86 bits per heavy atom. The molecule has 0 radical (unpaired) electrons. The summed E-state index contributed by atoms with van der Waals surface area (Å²) >= 11 is 0. The van der Waals surface area contributed by atoms with Crippen LogP contribution in [0.4, 0.5) is 0 Å². The smallest absolute Gasteiger partial charge is 0.226 e. The first kappa shape index (κ1) is 13.0. The van der Waals surface area contributed by atoms with Gasteiger partial charge in [-0.2, -0.15) is 4.98 Å². The van der Waals surface area contributed by atoms with Gasteiger partial charge in [0, 0.05) is 24.9 Å². The van der Waals surface area contributed by atoms with E-state index >= 15 is 0 Å². The van der Waals surface area contributed by atoms with Crippen molar-refractivity contribution in [2.24, 2.45) is 5.92 Å². The van der Waals surface area contributed by atoms with E-state index in [9.17, 15) is 0 Å². The van der Waals surface area contributed by atoms with Crippen molar-refractivity contribution in [2.75, 3.05) is 0 Å². The Morgan fingerprint density at radius 3 is 2.62 bits per heavy atom. The Hall–Kier alpha value is -1.68. The lowest BCUT2D eigenvalue weighted by atomic mass is 9.90. The van der Waals surface area contributed by atoms with Gasteiger partial charge in [0.2, 0.25) is 5.89 Å². The molecule has 4 heteroatoms. The second-order valence-corrected chi connectivity index (χ2v) is 6.45. The first-order chi connectivity index (χ1) is 10.3. The van der Waals surface area contributed by atoms with Crippen LogP contribution >= 0.6 is 0 Å². The average Bonchev–Trinajstić information content (AvgIpc) is 3.07. The number of hydrogen-bond acceptors (Lipinski definition) is 4. The quantitative estimate of drug-likeness (QED) is 0.937. The van der Waals surface area contributed by atoms with Crippen LogP contribution in [0.1, 0.15) is 43.0 Å². The van der Waals surface area contributed by atoms with Gasteiger partial charge in [0.25, 0.3) is 0 Å². The first-order valence-electron chi connectivity index (χ1n) is 7.96. The standard InChI is InChI=1S/C17H21N3O/c1-2-4-12(5-3-1)10-16-19-17(21-20-16)11-13-8-14-6-7-15(9-13)18-14/h1-5,13-15,18H,6-11H2. The second-order valence-electron chi connectivity index (χ2n) is 6.45. The van der Waals surface area contributed by atoms with Gasteiger partial charge in [0.1, 0.15) is 0 Å². The Balaban J connectivity index is 1.38. The fourth-order valence-corrected chi connectivity index (χ4v) is 3.81. The van der Waals surface area contributed by atoms with Gasteiger partial charge < -0.3 is 9.84 Å². The number of piperidine rings is 1. The number of hydrogen-bond donors (Lipinski definition) is 1. The van der Waals surface area contributed by atoms with Crippen molar-refractivity contribution >= 4 is 0 Å². The molecule has 2 fully saturated rings. The van der Waals surface area contributed by atoms with Crippen LogP contribution in [-0.4, -0.2) is 22.2 Å². The van der Waals surface area contributed by atoms with Gasteiger partial charge >= 0.3 is 0 Å². The van der Waals surface area contributed by atoms with Crippen molar-refractivity contribution < 1.29 is 4.52 Å². The van der Waals surface area contributed by atoms with Gasteiger partial charge in [-0.15, -0.1) is 0 Å². The van der Waals surface area contributed by atoms with Crippen molar-refractivity contribution in [2.45, 2.75) is 50.6 Å². The Morgan fingerprint density at radius 1 is 1.10 bits per heavy atom. The lowest BCUT2D eigenvalue weighted by molar-refractivity contribution is 0.270. The fourth-order valence-electron chi connectivity index (χ4n) is 3.81. The molecule has 21 heavy (non-hydrogen) atoms. The topological polar surface area (TPSA) is 51.0 Å². The van der Waals surface area contributed by atoms with Gasteiger partial charge in [-0.1, -0.05) is 35.5 Å². The highest BCUT2D eigenvalue weighted by Crippen LogP contribution is 2.32. The third-order valence-corrected chi connectivity index (χ3v) is 4.75. The molecule has 110 valence electrons. The van der Waals surface area contributed by atoms with Crippen molar-refractivity contribution in [1.29, 1.82) is 0 Å². The molecule has 2 atom stereocenters. The van der Waals surface area contributed by atoms with E-state index in [1.807, 2.05) is 18.2 Å². The molecule has 1 aromatic heterocycles. The predicted octanol–water partition coefficient (Wildman–Crippen LogP) is 2.73. The van der Waals surface area contributed by atoms with Crippen LogP contribution in [0.3, 0.4) is 0 Å². The SMILES string of the molecule is c1ccc(Cc2noc(CC3CC4CCC(C3)N4)n2)cc1. The fraction of sp³-hybridized carbons (Fsp3) is 0.529. The van der Waals surface area contributed by atoms with Gasteiger partial charge in [0.05, 0.1) is 0 Å². The molecule has 1 N–H and O–H groups in total. The number of nitrogens with zero attached hydrogens (tertiary/aromatic N) is 2. The van der Waals surface area contributed by atoms with Crippen LogP contribution in [0, 0.1) is 5.92 Å². The van der Waals surface area contributed by atoms with E-state index in [-0.39, 0.29) is 0 Å². The molecule has 2 aliphatic heterocycles. The molecule has 0 spiro atoms. The van der Waals surface area contributed by atoms with E-state index in [4.69, 9.17) is 4.52 Å². The van der Waals surface area contributed by atoms with E-state index in [0.29, 0.717) is 5.92 Å². The van der Waals surface area contributed by atoms with Crippen LogP contribution in [-0.2, 0) is 12.8 Å². The maximum absolute atomic E-state index is 5.45. The van der Waals surface area contributed by atoms with E-state index in [1.165, 1.54) is 31.2 Å². The summed E-state index contributed by atoms with van der Waals surface area (Å²) in [4.78, 5) is 4.57. The number of fused-ring (bicyclic) bond motifs is 2. The van der Waals surface area contributed by atoms with Crippen LogP contribution < -0.4 is 5.32 Å². The minimum absolute atomic E-state index is 0.703. The molecule has 0 aliphatic carbocycles. The zero-order chi connectivity index (χ0) is 14.1. The Labute approximate surface area is 124 Å². The molecule has 3 heterocycles. The van der Waals surface area contributed by atoms with Crippen LogP contribution in [0.5, 0.6) is 0 Å². The van der Waals surface area contributed by atoms with E-state index in [0.717, 1.165) is 36.6 Å². The predicted molar refractivity (Wildman–Crippen MR) is 79.9 cm³/mol. The maximum atomic E-state index is 5.45. The molecule has 2 unspecified atom stereocenters. The third-order valence-electron chi connectivity index (χ3n) is 4.75. The first-order valence-corrected chi connectivity index (χ1v) is 7.96. The number of aromatic nitrogens is 2. The number of benzene rings is 1. The minimum atomic E-state index is 0.703. The largest absolute Gasteiger partial charge is 0.339 e. The zero-order valence-corrected chi connectivity index (χ0v) is 12.2. The van der Waals surface area contributed by atoms with Crippen molar-refractivity contribution in [3.8, 4) is 0 Å². The van der Waals surface area contributed by atoms with Gasteiger partial charge in [-0.3, -0.25) is 0 Å². The lowest BCUT2D eigenvalue weighted by Crippen LogP contribution is -2.38. The zero-order valence-electron chi connectivity index (χ0n) is 12.2. The highest BCUT2D eigenvalue weighted by molar-refractivity contribution is 5.18. The van der Waals surface area contributed by atoms with E-state index in [1.54, 1.807) is 0 Å². The molecule has 0 saturated carbocycles. The summed E-state index contributed by atoms with van der Waals surface area (Å²) in [6.07, 6.45) is 6.88. The summed E-state index contributed by atoms with van der Waals surface area (Å²) in [5.41, 5.74) is 1.23. The molecule has 2 bridgehead atoms. The minimum Gasteiger partial charge on any atom is -0.339 e. The van der Waals surface area contributed by atoms with Gasteiger partial charge in [0.15, 0.2) is 5.82 Å². The van der Waals surface area contributed by atoms with Crippen LogP contribution in [0.15, 0.2) is 34.9 Å². The molecule has 0 amide bonds. The van der Waals surface area contributed by atoms with Crippen molar-refractivity contribution in [1.82, 2.24) is 15.5 Å². The van der Waals surface area contributed by atoms with E-state index < -0.39 is 0 Å². The molecule has 2 aliphatic rings. The normalized spacial score (nSPS) is 27.9. The monoisotopic (exact) mass is 283 g/mol. The molecule has 4 rings (SSSR count). The number of rotatable bonds is 4. The third kappa shape index (κ3) is 3.00. The maximum Gasteiger partial charge on any atom is 0.226 e. The average molecular weight is 283 g/mol. The summed E-state index contributed by atoms with van der Waals surface area (Å²) in [6, 6.07) is 11.8. The number of nitrogens with one attached hydrogen (secondary N) is 1. The van der Waals surface area contributed by atoms with Crippen molar-refractivity contribution in [3.63, 3.8) is 0 Å². The van der Waals surface area contributed by atoms with E-state index in [2.05, 4.69) is 27.6 Å². The van der Waals surface area contributed by atoms with Gasteiger partial charge in [-0.25, -0.2) is 0 Å². The highest BCUT2D eigenvalue weighted by Gasteiger charge is 2.34. The van der Waals surface area contributed by atoms with Crippen molar-refractivity contribution in [3.05, 3.63) is 47.6 Å². The molecular weight excluding hydrogens is 262 g/mol. The summed E-state index contributed by atoms with van der Waals surface area (Å²) in [6.45, 7) is 0. The molecule has 2 saturated heterocycles. The Bertz CT molecular complexity index is 583. The summed E-state index contributed by atoms with van der Waals surface area (Å²) in [5, 5.41) is 7.81. The summed E-state index contributed by atoms with van der Waals surface area (Å²) in [7, 11) is 0. The molecule has 4 nitrogen and oxygen atoms in total. The molecule has 2 aromatic rings. The highest BCUT2D eigenvalue weighted by atomic mass is 16.5. The molecular formula is C17H21N3O. The van der Waals surface area contributed by atoms with Crippen LogP contribution in [0.25, 0.3) is 0 Å². The lowest BCUT2D eigenvalue weighted by Gasteiger charge is -2.28. The van der Waals surface area contributed by atoms with Gasteiger partial charge in [-0.05, 0) is 37.2 Å².